The van der Waals surface area contributed by atoms with Crippen LogP contribution in [0.2, 0.25) is 0 Å². The van der Waals surface area contributed by atoms with Crippen LogP contribution < -0.4 is 5.32 Å². The van der Waals surface area contributed by atoms with E-state index in [-0.39, 0.29) is 5.91 Å². The molecule has 2 heterocycles. The number of nitrogens with one attached hydrogen (secondary N) is 1. The van der Waals surface area contributed by atoms with Crippen LogP contribution in [0.1, 0.15) is 18.6 Å². The standard InChI is InChI=1S/C15H25N3O2/c1-16-9-13-5-3-7-18(10-13)12-15(19)17(2)11-14-6-4-8-20-14/h4,6,8,13,16H,3,5,7,9-12H2,1-2H3. The van der Waals surface area contributed by atoms with Crippen molar-refractivity contribution in [1.82, 2.24) is 15.1 Å². The van der Waals surface area contributed by atoms with Gasteiger partial charge in [-0.25, -0.2) is 0 Å². The summed E-state index contributed by atoms with van der Waals surface area (Å²) in [5.74, 6) is 1.65. The highest BCUT2D eigenvalue weighted by Gasteiger charge is 2.22. The molecule has 0 spiro atoms. The average molecular weight is 279 g/mol. The fourth-order valence-corrected chi connectivity index (χ4v) is 2.79. The molecule has 5 heteroatoms. The molecule has 1 amide bonds. The molecule has 0 aromatic carbocycles. The van der Waals surface area contributed by atoms with Crippen LogP contribution in [-0.4, -0.2) is 56.0 Å². The minimum absolute atomic E-state index is 0.159. The van der Waals surface area contributed by atoms with Gasteiger partial charge in [-0.05, 0) is 51.0 Å². The number of hydrogen-bond donors (Lipinski definition) is 1. The normalized spacial score (nSPS) is 20.0. The summed E-state index contributed by atoms with van der Waals surface area (Å²) < 4.78 is 5.28. The SMILES string of the molecule is CNCC1CCCN(CC(=O)N(C)Cc2ccco2)C1. The lowest BCUT2D eigenvalue weighted by Crippen LogP contribution is -2.44. The molecular weight excluding hydrogens is 254 g/mol. The third kappa shape index (κ3) is 4.35. The summed E-state index contributed by atoms with van der Waals surface area (Å²) in [6.45, 7) is 4.13. The quantitative estimate of drug-likeness (QED) is 0.849. The van der Waals surface area contributed by atoms with E-state index in [9.17, 15) is 4.79 Å². The van der Waals surface area contributed by atoms with E-state index in [1.54, 1.807) is 11.2 Å². The summed E-state index contributed by atoms with van der Waals surface area (Å²) >= 11 is 0. The van der Waals surface area contributed by atoms with Gasteiger partial charge in [0, 0.05) is 13.6 Å². The molecule has 1 aliphatic rings. The van der Waals surface area contributed by atoms with Crippen LogP contribution in [0, 0.1) is 5.92 Å². The topological polar surface area (TPSA) is 48.7 Å². The third-order valence-electron chi connectivity index (χ3n) is 3.85. The molecule has 1 N–H and O–H groups in total. The molecule has 112 valence electrons. The van der Waals surface area contributed by atoms with Gasteiger partial charge in [0.25, 0.3) is 0 Å². The van der Waals surface area contributed by atoms with Crippen molar-refractivity contribution >= 4 is 5.91 Å². The van der Waals surface area contributed by atoms with Gasteiger partial charge in [0.1, 0.15) is 5.76 Å². The lowest BCUT2D eigenvalue weighted by Gasteiger charge is -2.33. The summed E-state index contributed by atoms with van der Waals surface area (Å²) in [4.78, 5) is 16.2. The average Bonchev–Trinajstić information content (AvgIpc) is 2.92. The number of piperidine rings is 1. The molecule has 0 radical (unpaired) electrons. The summed E-state index contributed by atoms with van der Waals surface area (Å²) in [6, 6.07) is 3.74. The van der Waals surface area contributed by atoms with Crippen molar-refractivity contribution in [3.63, 3.8) is 0 Å². The van der Waals surface area contributed by atoms with Crippen molar-refractivity contribution < 1.29 is 9.21 Å². The Bertz CT molecular complexity index is 403. The van der Waals surface area contributed by atoms with Gasteiger partial charge >= 0.3 is 0 Å². The minimum Gasteiger partial charge on any atom is -0.467 e. The van der Waals surface area contributed by atoms with Crippen molar-refractivity contribution in [3.8, 4) is 0 Å². The predicted octanol–water partition coefficient (Wildman–Crippen LogP) is 1.17. The molecule has 0 aliphatic carbocycles. The number of hydrogen-bond acceptors (Lipinski definition) is 4. The minimum atomic E-state index is 0.159. The van der Waals surface area contributed by atoms with Gasteiger partial charge < -0.3 is 14.6 Å². The molecule has 20 heavy (non-hydrogen) atoms. The molecule has 1 saturated heterocycles. The Balaban J connectivity index is 1.78. The van der Waals surface area contributed by atoms with Crippen LogP contribution in [-0.2, 0) is 11.3 Å². The second-order valence-corrected chi connectivity index (χ2v) is 5.63. The van der Waals surface area contributed by atoms with Crippen molar-refractivity contribution in [2.75, 3.05) is 40.3 Å². The maximum atomic E-state index is 12.2. The molecule has 2 rings (SSSR count). The first-order valence-corrected chi connectivity index (χ1v) is 7.32. The molecule has 1 atom stereocenters. The third-order valence-corrected chi connectivity index (χ3v) is 3.85. The van der Waals surface area contributed by atoms with E-state index in [2.05, 4.69) is 10.2 Å². The first-order valence-electron chi connectivity index (χ1n) is 7.32. The first kappa shape index (κ1) is 15.1. The van der Waals surface area contributed by atoms with Crippen LogP contribution >= 0.6 is 0 Å². The largest absolute Gasteiger partial charge is 0.467 e. The number of furan rings is 1. The number of likely N-dealkylation sites (tertiary alicyclic amines) is 1. The van der Waals surface area contributed by atoms with Crippen LogP contribution in [0.4, 0.5) is 0 Å². The highest BCUT2D eigenvalue weighted by molar-refractivity contribution is 5.77. The summed E-state index contributed by atoms with van der Waals surface area (Å²) in [6.07, 6.45) is 4.08. The van der Waals surface area contributed by atoms with Gasteiger partial charge in [-0.15, -0.1) is 0 Å². The molecule has 1 aromatic heterocycles. The molecule has 1 unspecified atom stereocenters. The summed E-state index contributed by atoms with van der Waals surface area (Å²) in [5.41, 5.74) is 0. The highest BCUT2D eigenvalue weighted by Crippen LogP contribution is 2.15. The Labute approximate surface area is 120 Å². The van der Waals surface area contributed by atoms with E-state index < -0.39 is 0 Å². The van der Waals surface area contributed by atoms with Crippen LogP contribution in [0.5, 0.6) is 0 Å². The summed E-state index contributed by atoms with van der Waals surface area (Å²) in [7, 11) is 3.82. The first-order chi connectivity index (χ1) is 9.69. The van der Waals surface area contributed by atoms with Crippen LogP contribution in [0.15, 0.2) is 22.8 Å². The molecule has 0 saturated carbocycles. The van der Waals surface area contributed by atoms with E-state index in [0.29, 0.717) is 19.0 Å². The molecule has 0 bridgehead atoms. The van der Waals surface area contributed by atoms with Crippen LogP contribution in [0.3, 0.4) is 0 Å². The Hall–Kier alpha value is -1.33. The smallest absolute Gasteiger partial charge is 0.236 e. The van der Waals surface area contributed by atoms with E-state index in [1.165, 1.54) is 12.8 Å². The number of rotatable bonds is 6. The van der Waals surface area contributed by atoms with Gasteiger partial charge in [0.2, 0.25) is 5.91 Å². The van der Waals surface area contributed by atoms with E-state index in [0.717, 1.165) is 25.4 Å². The zero-order valence-corrected chi connectivity index (χ0v) is 12.5. The fourth-order valence-electron chi connectivity index (χ4n) is 2.79. The fraction of sp³-hybridized carbons (Fsp3) is 0.667. The summed E-state index contributed by atoms with van der Waals surface area (Å²) in [5, 5.41) is 3.23. The van der Waals surface area contributed by atoms with Crippen LogP contribution in [0.25, 0.3) is 0 Å². The van der Waals surface area contributed by atoms with Crippen molar-refractivity contribution in [3.05, 3.63) is 24.2 Å². The zero-order chi connectivity index (χ0) is 14.4. The van der Waals surface area contributed by atoms with Crippen molar-refractivity contribution in [2.24, 2.45) is 5.92 Å². The van der Waals surface area contributed by atoms with Gasteiger partial charge in [-0.3, -0.25) is 9.69 Å². The number of amides is 1. The monoisotopic (exact) mass is 279 g/mol. The number of nitrogens with zero attached hydrogens (tertiary/aromatic N) is 2. The maximum Gasteiger partial charge on any atom is 0.236 e. The van der Waals surface area contributed by atoms with Crippen molar-refractivity contribution in [1.29, 1.82) is 0 Å². The molecule has 5 nitrogen and oxygen atoms in total. The molecular formula is C15H25N3O2. The predicted molar refractivity (Wildman–Crippen MR) is 78.3 cm³/mol. The lowest BCUT2D eigenvalue weighted by atomic mass is 9.98. The number of carbonyl (C=O) groups excluding carboxylic acids is 1. The highest BCUT2D eigenvalue weighted by atomic mass is 16.3. The molecule has 1 fully saturated rings. The Morgan fingerprint density at radius 1 is 1.60 bits per heavy atom. The molecule has 1 aromatic rings. The van der Waals surface area contributed by atoms with E-state index in [1.807, 2.05) is 26.2 Å². The maximum absolute atomic E-state index is 12.2. The zero-order valence-electron chi connectivity index (χ0n) is 12.5. The van der Waals surface area contributed by atoms with E-state index >= 15 is 0 Å². The Morgan fingerprint density at radius 3 is 3.15 bits per heavy atom. The number of likely N-dealkylation sites (N-methyl/N-ethyl adjacent to an activating group) is 1. The lowest BCUT2D eigenvalue weighted by molar-refractivity contribution is -0.132. The Kier molecular flexibility index (Phi) is 5.61. The van der Waals surface area contributed by atoms with Crippen molar-refractivity contribution in [2.45, 2.75) is 19.4 Å². The van der Waals surface area contributed by atoms with Gasteiger partial charge in [0.15, 0.2) is 0 Å². The second kappa shape index (κ2) is 7.45. The van der Waals surface area contributed by atoms with Gasteiger partial charge in [-0.1, -0.05) is 0 Å². The Morgan fingerprint density at radius 2 is 2.45 bits per heavy atom. The second-order valence-electron chi connectivity index (χ2n) is 5.63. The number of carbonyl (C=O) groups is 1. The molecule has 1 aliphatic heterocycles. The van der Waals surface area contributed by atoms with Gasteiger partial charge in [0.05, 0.1) is 19.4 Å². The van der Waals surface area contributed by atoms with Gasteiger partial charge in [-0.2, -0.15) is 0 Å². The van der Waals surface area contributed by atoms with E-state index in [4.69, 9.17) is 4.42 Å².